The van der Waals surface area contributed by atoms with E-state index in [1.54, 1.807) is 0 Å². The molecule has 24 heavy (non-hydrogen) atoms. The number of thioether (sulfide) groups is 1. The van der Waals surface area contributed by atoms with Gasteiger partial charge in [-0.2, -0.15) is 0 Å². The van der Waals surface area contributed by atoms with E-state index < -0.39 is 45.6 Å². The molecule has 0 aromatic heterocycles. The maximum Gasteiger partial charge on any atom is 0.234 e. The van der Waals surface area contributed by atoms with E-state index in [4.69, 9.17) is 23.2 Å². The lowest BCUT2D eigenvalue weighted by atomic mass is 10.3. The van der Waals surface area contributed by atoms with E-state index in [1.807, 2.05) is 0 Å². The molecule has 10 heteroatoms. The Bertz CT molecular complexity index is 789. The minimum Gasteiger partial charge on any atom is -0.325 e. The smallest absolute Gasteiger partial charge is 0.234 e. The van der Waals surface area contributed by atoms with Crippen LogP contribution in [-0.4, -0.2) is 11.7 Å². The van der Waals surface area contributed by atoms with Gasteiger partial charge < -0.3 is 5.32 Å². The molecule has 0 aliphatic carbocycles. The minimum absolute atomic E-state index is 0.168. The predicted octanol–water partition coefficient (Wildman–Crippen LogP) is 5.42. The molecule has 2 aromatic carbocycles. The molecule has 0 radical (unpaired) electrons. The first-order valence-corrected chi connectivity index (χ1v) is 7.85. The van der Waals surface area contributed by atoms with Crippen molar-refractivity contribution in [2.75, 3.05) is 11.1 Å². The van der Waals surface area contributed by atoms with E-state index in [2.05, 4.69) is 5.32 Å². The third kappa shape index (κ3) is 3.93. The first kappa shape index (κ1) is 18.8. The van der Waals surface area contributed by atoms with E-state index in [1.165, 1.54) is 18.2 Å². The molecular weight excluding hydrogens is 396 g/mol. The lowest BCUT2D eigenvalue weighted by Crippen LogP contribution is -2.14. The van der Waals surface area contributed by atoms with Gasteiger partial charge in [0.25, 0.3) is 0 Å². The van der Waals surface area contributed by atoms with Crippen LogP contribution in [0.25, 0.3) is 0 Å². The number of rotatable bonds is 4. The molecule has 0 unspecified atom stereocenters. The fourth-order valence-electron chi connectivity index (χ4n) is 1.62. The largest absolute Gasteiger partial charge is 0.325 e. The SMILES string of the molecule is O=C(CSc1c(F)c(F)c(F)c(F)c1F)Nc1ccc(Cl)c(Cl)c1. The van der Waals surface area contributed by atoms with Crippen LogP contribution < -0.4 is 5.32 Å². The quantitative estimate of drug-likeness (QED) is 0.320. The zero-order chi connectivity index (χ0) is 18.0. The summed E-state index contributed by atoms with van der Waals surface area (Å²) in [5.41, 5.74) is 0.257. The number of halogens is 7. The molecule has 0 aliphatic heterocycles. The molecule has 0 saturated heterocycles. The number of carbonyl (C=O) groups is 1. The van der Waals surface area contributed by atoms with Crippen LogP contribution in [0, 0.1) is 29.1 Å². The molecule has 1 amide bonds. The summed E-state index contributed by atoms with van der Waals surface area (Å²) in [4.78, 5) is 10.6. The molecule has 0 heterocycles. The van der Waals surface area contributed by atoms with Gasteiger partial charge >= 0.3 is 0 Å². The summed E-state index contributed by atoms with van der Waals surface area (Å²) in [5, 5.41) is 2.77. The molecule has 0 spiro atoms. The Labute approximate surface area is 146 Å². The van der Waals surface area contributed by atoms with Crippen molar-refractivity contribution < 1.29 is 26.7 Å². The third-order valence-electron chi connectivity index (χ3n) is 2.72. The van der Waals surface area contributed by atoms with Crippen molar-refractivity contribution in [1.82, 2.24) is 0 Å². The van der Waals surface area contributed by atoms with Gasteiger partial charge in [0, 0.05) is 5.69 Å². The van der Waals surface area contributed by atoms with Gasteiger partial charge in [0.15, 0.2) is 23.3 Å². The number of hydrogen-bond acceptors (Lipinski definition) is 2. The maximum absolute atomic E-state index is 13.5. The standard InChI is InChI=1S/C14H6Cl2F5NOS/c15-6-2-1-5(3-7(6)16)22-8(23)4-24-14-12(20)10(18)9(17)11(19)13(14)21/h1-3H,4H2,(H,22,23). The highest BCUT2D eigenvalue weighted by Gasteiger charge is 2.26. The first-order chi connectivity index (χ1) is 11.2. The van der Waals surface area contributed by atoms with Gasteiger partial charge in [-0.15, -0.1) is 11.8 Å². The van der Waals surface area contributed by atoms with Gasteiger partial charge in [-0.3, -0.25) is 4.79 Å². The van der Waals surface area contributed by atoms with Gasteiger partial charge in [-0.05, 0) is 18.2 Å². The highest BCUT2D eigenvalue weighted by Crippen LogP contribution is 2.31. The van der Waals surface area contributed by atoms with Crippen LogP contribution >= 0.6 is 35.0 Å². The number of nitrogens with one attached hydrogen (secondary N) is 1. The molecule has 2 aromatic rings. The second-order valence-electron chi connectivity index (χ2n) is 4.36. The molecule has 0 aliphatic rings. The predicted molar refractivity (Wildman–Crippen MR) is 82.0 cm³/mol. The van der Waals surface area contributed by atoms with Gasteiger partial charge in [-0.25, -0.2) is 22.0 Å². The molecule has 1 N–H and O–H groups in total. The van der Waals surface area contributed by atoms with Gasteiger partial charge in [0.05, 0.1) is 20.7 Å². The van der Waals surface area contributed by atoms with Crippen molar-refractivity contribution in [2.45, 2.75) is 4.90 Å². The summed E-state index contributed by atoms with van der Waals surface area (Å²) >= 11 is 11.6. The fraction of sp³-hybridized carbons (Fsp3) is 0.0714. The van der Waals surface area contributed by atoms with E-state index in [-0.39, 0.29) is 27.5 Å². The molecule has 0 bridgehead atoms. The lowest BCUT2D eigenvalue weighted by molar-refractivity contribution is -0.113. The summed E-state index contributed by atoms with van der Waals surface area (Å²) in [6.45, 7) is 0. The van der Waals surface area contributed by atoms with E-state index in [0.29, 0.717) is 0 Å². The number of benzene rings is 2. The van der Waals surface area contributed by atoms with E-state index >= 15 is 0 Å². The van der Waals surface area contributed by atoms with Crippen molar-refractivity contribution in [1.29, 1.82) is 0 Å². The highest BCUT2D eigenvalue weighted by molar-refractivity contribution is 8.00. The van der Waals surface area contributed by atoms with Crippen molar-refractivity contribution in [2.24, 2.45) is 0 Å². The Morgan fingerprint density at radius 3 is 2.00 bits per heavy atom. The minimum atomic E-state index is -2.25. The van der Waals surface area contributed by atoms with Crippen LogP contribution in [0.15, 0.2) is 23.1 Å². The second-order valence-corrected chi connectivity index (χ2v) is 6.16. The van der Waals surface area contributed by atoms with Gasteiger partial charge in [0.1, 0.15) is 0 Å². The normalized spacial score (nSPS) is 10.8. The Morgan fingerprint density at radius 2 is 1.46 bits per heavy atom. The molecular formula is C14H6Cl2F5NOS. The molecule has 0 fully saturated rings. The van der Waals surface area contributed by atoms with Gasteiger partial charge in [0.2, 0.25) is 11.7 Å². The Morgan fingerprint density at radius 1 is 0.917 bits per heavy atom. The molecule has 0 saturated carbocycles. The average molecular weight is 402 g/mol. The number of carbonyl (C=O) groups excluding carboxylic acids is 1. The van der Waals surface area contributed by atoms with E-state index in [0.717, 1.165) is 0 Å². The van der Waals surface area contributed by atoms with Crippen molar-refractivity contribution >= 4 is 46.6 Å². The third-order valence-corrected chi connectivity index (χ3v) is 4.51. The van der Waals surface area contributed by atoms with Crippen LogP contribution in [0.3, 0.4) is 0 Å². The fourth-order valence-corrected chi connectivity index (χ4v) is 2.70. The monoisotopic (exact) mass is 401 g/mol. The Kier molecular flexibility index (Phi) is 5.95. The lowest BCUT2D eigenvalue weighted by Gasteiger charge is -2.09. The van der Waals surface area contributed by atoms with Crippen molar-refractivity contribution in [3.63, 3.8) is 0 Å². The molecule has 128 valence electrons. The number of anilines is 1. The topological polar surface area (TPSA) is 29.1 Å². The maximum atomic E-state index is 13.5. The average Bonchev–Trinajstić information content (AvgIpc) is 2.54. The molecule has 2 rings (SSSR count). The summed E-state index contributed by atoms with van der Waals surface area (Å²) < 4.78 is 66.0. The van der Waals surface area contributed by atoms with Crippen molar-refractivity contribution in [3.05, 3.63) is 57.3 Å². The zero-order valence-corrected chi connectivity index (χ0v) is 13.7. The van der Waals surface area contributed by atoms with Crippen LogP contribution in [0.1, 0.15) is 0 Å². The summed E-state index contributed by atoms with van der Waals surface area (Å²) in [6, 6.07) is 4.18. The summed E-state index contributed by atoms with van der Waals surface area (Å²) in [5.74, 6) is -11.7. The molecule has 0 atom stereocenters. The number of amides is 1. The number of hydrogen-bond donors (Lipinski definition) is 1. The van der Waals surface area contributed by atoms with Crippen LogP contribution in [-0.2, 0) is 4.79 Å². The summed E-state index contributed by atoms with van der Waals surface area (Å²) in [6.07, 6.45) is 0. The first-order valence-electron chi connectivity index (χ1n) is 6.11. The van der Waals surface area contributed by atoms with Crippen LogP contribution in [0.4, 0.5) is 27.6 Å². The molecule has 2 nitrogen and oxygen atoms in total. The highest BCUT2D eigenvalue weighted by atomic mass is 35.5. The van der Waals surface area contributed by atoms with Crippen LogP contribution in [0.2, 0.25) is 10.0 Å². The Hall–Kier alpha value is -1.51. The van der Waals surface area contributed by atoms with Gasteiger partial charge in [-0.1, -0.05) is 23.2 Å². The van der Waals surface area contributed by atoms with Crippen LogP contribution in [0.5, 0.6) is 0 Å². The van der Waals surface area contributed by atoms with Crippen molar-refractivity contribution in [3.8, 4) is 0 Å². The Balaban J connectivity index is 2.11. The van der Waals surface area contributed by atoms with E-state index in [9.17, 15) is 26.7 Å². The zero-order valence-electron chi connectivity index (χ0n) is 11.4. The summed E-state index contributed by atoms with van der Waals surface area (Å²) in [7, 11) is 0. The second kappa shape index (κ2) is 7.58.